The molecule has 0 aromatic heterocycles. The molecule has 0 fully saturated rings. The molecule has 26 heavy (non-hydrogen) atoms. The van der Waals surface area contributed by atoms with E-state index in [1.165, 1.54) is 18.2 Å². The first-order valence-electron chi connectivity index (χ1n) is 7.78. The zero-order chi connectivity index (χ0) is 18.6. The molecular weight excluding hydrogens is 362 g/mol. The molecule has 2 atom stereocenters. The molecule has 2 amide bonds. The van der Waals surface area contributed by atoms with Gasteiger partial charge in [-0.2, -0.15) is 8.42 Å². The summed E-state index contributed by atoms with van der Waals surface area (Å²) in [6.45, 7) is 0. The topological polar surface area (TPSA) is 107 Å². The van der Waals surface area contributed by atoms with Gasteiger partial charge in [0.15, 0.2) is 0 Å². The van der Waals surface area contributed by atoms with Crippen LogP contribution in [0.3, 0.4) is 0 Å². The number of rotatable bonds is 4. The molecule has 9 heteroatoms. The molecule has 0 saturated carbocycles. The van der Waals surface area contributed by atoms with Crippen LogP contribution in [0.5, 0.6) is 0 Å². The number of carbonyl (C=O) groups excluding carboxylic acids is 3. The SMILES string of the molecule is COC(=O)c1ccccc1S(=O)(=O)ON1C(=O)C2=C(C1=O)C1C=CC2C1. The zero-order valence-electron chi connectivity index (χ0n) is 13.5. The Morgan fingerprint density at radius 3 is 2.23 bits per heavy atom. The highest BCUT2D eigenvalue weighted by Gasteiger charge is 2.52. The number of ether oxygens (including phenoxy) is 1. The first kappa shape index (κ1) is 16.7. The summed E-state index contributed by atoms with van der Waals surface area (Å²) in [6.07, 6.45) is 4.31. The van der Waals surface area contributed by atoms with Gasteiger partial charge < -0.3 is 4.74 Å². The molecule has 1 aliphatic heterocycles. The van der Waals surface area contributed by atoms with Crippen LogP contribution in [0.25, 0.3) is 0 Å². The summed E-state index contributed by atoms with van der Waals surface area (Å²) in [5.41, 5.74) is 0.328. The molecule has 8 nitrogen and oxygen atoms in total. The van der Waals surface area contributed by atoms with Crippen molar-refractivity contribution >= 4 is 27.9 Å². The standard InChI is InChI=1S/C17H13NO7S/c1-24-17(21)11-4-2-3-5-12(11)26(22,23)25-18-15(19)13-9-6-7-10(8-9)14(13)16(18)20/h2-7,9-10H,8H2,1H3. The van der Waals surface area contributed by atoms with Crippen LogP contribution in [0, 0.1) is 11.8 Å². The monoisotopic (exact) mass is 375 g/mol. The average Bonchev–Trinajstić information content (AvgIpc) is 3.31. The van der Waals surface area contributed by atoms with E-state index in [1.807, 2.05) is 12.2 Å². The summed E-state index contributed by atoms with van der Waals surface area (Å²) in [6, 6.07) is 5.23. The molecule has 0 spiro atoms. The number of hydrogen-bond donors (Lipinski definition) is 0. The fourth-order valence-electron chi connectivity index (χ4n) is 3.55. The second kappa shape index (κ2) is 5.61. The lowest BCUT2D eigenvalue weighted by Crippen LogP contribution is -2.36. The highest BCUT2D eigenvalue weighted by atomic mass is 32.2. The molecule has 2 bridgehead atoms. The lowest BCUT2D eigenvalue weighted by atomic mass is 9.99. The van der Waals surface area contributed by atoms with Gasteiger partial charge in [-0.25, -0.2) is 4.79 Å². The number of benzene rings is 1. The van der Waals surface area contributed by atoms with Crippen molar-refractivity contribution < 1.29 is 31.8 Å². The maximum Gasteiger partial charge on any atom is 0.339 e. The Hall–Kier alpha value is -2.78. The van der Waals surface area contributed by atoms with Crippen LogP contribution in [-0.4, -0.2) is 38.4 Å². The lowest BCUT2D eigenvalue weighted by Gasteiger charge is -2.17. The number of esters is 1. The van der Waals surface area contributed by atoms with Gasteiger partial charge >= 0.3 is 16.1 Å². The van der Waals surface area contributed by atoms with Gasteiger partial charge in [0.1, 0.15) is 4.90 Å². The number of carbonyl (C=O) groups is 3. The van der Waals surface area contributed by atoms with E-state index in [9.17, 15) is 22.8 Å². The smallest absolute Gasteiger partial charge is 0.339 e. The Morgan fingerprint density at radius 1 is 1.08 bits per heavy atom. The molecule has 1 aromatic carbocycles. The molecule has 3 aliphatic rings. The van der Waals surface area contributed by atoms with Crippen molar-refractivity contribution in [3.8, 4) is 0 Å². The van der Waals surface area contributed by atoms with Crippen molar-refractivity contribution in [2.24, 2.45) is 11.8 Å². The maximum absolute atomic E-state index is 12.6. The first-order chi connectivity index (χ1) is 12.3. The van der Waals surface area contributed by atoms with Gasteiger partial charge in [0.05, 0.1) is 12.7 Å². The second-order valence-corrected chi connectivity index (χ2v) is 7.58. The number of hydrogen-bond acceptors (Lipinski definition) is 7. The summed E-state index contributed by atoms with van der Waals surface area (Å²) in [4.78, 5) is 36.3. The van der Waals surface area contributed by atoms with Crippen molar-refractivity contribution in [3.05, 3.63) is 53.1 Å². The largest absolute Gasteiger partial charge is 0.465 e. The third kappa shape index (κ3) is 2.24. The summed E-state index contributed by atoms with van der Waals surface area (Å²) in [5, 5.41) is 0.264. The molecule has 0 saturated heterocycles. The van der Waals surface area contributed by atoms with Crippen LogP contribution in [-0.2, 0) is 28.7 Å². The Kier molecular flexibility index (Phi) is 3.60. The minimum atomic E-state index is -4.60. The summed E-state index contributed by atoms with van der Waals surface area (Å²) in [5.74, 6) is -2.81. The van der Waals surface area contributed by atoms with Crippen LogP contribution < -0.4 is 0 Å². The number of methoxy groups -OCH3 is 1. The third-order valence-electron chi connectivity index (χ3n) is 4.68. The average molecular weight is 375 g/mol. The molecule has 0 N–H and O–H groups in total. The molecule has 134 valence electrons. The Balaban J connectivity index is 1.66. The molecule has 2 unspecified atom stereocenters. The Morgan fingerprint density at radius 2 is 1.65 bits per heavy atom. The van der Waals surface area contributed by atoms with E-state index in [0.29, 0.717) is 17.6 Å². The van der Waals surface area contributed by atoms with Gasteiger partial charge in [0.25, 0.3) is 11.8 Å². The van der Waals surface area contributed by atoms with E-state index in [0.717, 1.165) is 13.2 Å². The highest BCUT2D eigenvalue weighted by Crippen LogP contribution is 2.48. The maximum atomic E-state index is 12.6. The molecule has 1 heterocycles. The number of allylic oxidation sites excluding steroid dienone is 2. The van der Waals surface area contributed by atoms with Crippen molar-refractivity contribution in [2.75, 3.05) is 7.11 Å². The van der Waals surface area contributed by atoms with Gasteiger partial charge in [-0.3, -0.25) is 9.59 Å². The minimum Gasteiger partial charge on any atom is -0.465 e. The number of nitrogens with zero attached hydrogens (tertiary/aromatic N) is 1. The molecular formula is C17H13NO7S. The van der Waals surface area contributed by atoms with E-state index in [1.54, 1.807) is 0 Å². The third-order valence-corrected chi connectivity index (χ3v) is 5.92. The number of imide groups is 1. The van der Waals surface area contributed by atoms with E-state index in [2.05, 4.69) is 4.74 Å². The molecule has 4 rings (SSSR count). The van der Waals surface area contributed by atoms with Crippen molar-refractivity contribution in [1.82, 2.24) is 5.06 Å². The number of amides is 2. The second-order valence-electron chi connectivity index (χ2n) is 6.08. The van der Waals surface area contributed by atoms with Gasteiger partial charge in [-0.05, 0) is 18.6 Å². The van der Waals surface area contributed by atoms with Crippen LogP contribution >= 0.6 is 0 Å². The van der Waals surface area contributed by atoms with Gasteiger partial charge in [-0.1, -0.05) is 24.3 Å². The van der Waals surface area contributed by atoms with E-state index in [-0.39, 0.29) is 22.5 Å². The summed E-state index contributed by atoms with van der Waals surface area (Å²) < 4.78 is 34.6. The quantitative estimate of drug-likeness (QED) is 0.438. The predicted octanol–water partition coefficient (Wildman–Crippen LogP) is 0.965. The van der Waals surface area contributed by atoms with E-state index < -0.39 is 32.8 Å². The predicted molar refractivity (Wildman–Crippen MR) is 85.7 cm³/mol. The Bertz CT molecular complexity index is 987. The van der Waals surface area contributed by atoms with Crippen LogP contribution in [0.2, 0.25) is 0 Å². The Labute approximate surface area is 148 Å². The minimum absolute atomic E-state index is 0.190. The van der Waals surface area contributed by atoms with Gasteiger partial charge in [0, 0.05) is 23.0 Å². The van der Waals surface area contributed by atoms with Gasteiger partial charge in [-0.15, -0.1) is 9.35 Å². The normalized spacial score (nSPS) is 23.8. The van der Waals surface area contributed by atoms with Crippen molar-refractivity contribution in [2.45, 2.75) is 11.3 Å². The van der Waals surface area contributed by atoms with Crippen molar-refractivity contribution in [1.29, 1.82) is 0 Å². The van der Waals surface area contributed by atoms with Crippen LogP contribution in [0.1, 0.15) is 16.8 Å². The molecule has 1 aromatic rings. The molecule has 0 radical (unpaired) electrons. The van der Waals surface area contributed by atoms with Crippen molar-refractivity contribution in [3.63, 3.8) is 0 Å². The van der Waals surface area contributed by atoms with E-state index in [4.69, 9.17) is 4.28 Å². The van der Waals surface area contributed by atoms with Gasteiger partial charge in [0.2, 0.25) is 0 Å². The lowest BCUT2D eigenvalue weighted by molar-refractivity contribution is -0.163. The molecule has 2 aliphatic carbocycles. The number of hydroxylamine groups is 2. The van der Waals surface area contributed by atoms with E-state index >= 15 is 0 Å². The zero-order valence-corrected chi connectivity index (χ0v) is 14.4. The summed E-state index contributed by atoms with van der Waals surface area (Å²) in [7, 11) is -3.50. The highest BCUT2D eigenvalue weighted by molar-refractivity contribution is 7.86. The first-order valence-corrected chi connectivity index (χ1v) is 9.19. The summed E-state index contributed by atoms with van der Waals surface area (Å²) >= 11 is 0. The number of fused-ring (bicyclic) bond motifs is 4. The fraction of sp³-hybridized carbons (Fsp3) is 0.235. The van der Waals surface area contributed by atoms with Crippen LogP contribution in [0.4, 0.5) is 0 Å². The fourth-order valence-corrected chi connectivity index (χ4v) is 4.63. The van der Waals surface area contributed by atoms with Crippen LogP contribution in [0.15, 0.2) is 52.5 Å².